The van der Waals surface area contributed by atoms with Gasteiger partial charge < -0.3 is 5.32 Å². The molecule has 0 bridgehead atoms. The summed E-state index contributed by atoms with van der Waals surface area (Å²) in [5.41, 5.74) is 1.11. The van der Waals surface area contributed by atoms with Gasteiger partial charge in [-0.2, -0.15) is 9.78 Å². The molecule has 0 radical (unpaired) electrons. The van der Waals surface area contributed by atoms with Crippen molar-refractivity contribution in [3.63, 3.8) is 0 Å². The lowest BCUT2D eigenvalue weighted by Gasteiger charge is -2.11. The summed E-state index contributed by atoms with van der Waals surface area (Å²) in [4.78, 5) is 25.8. The Morgan fingerprint density at radius 2 is 1.64 bits per heavy atom. The van der Waals surface area contributed by atoms with Crippen molar-refractivity contribution in [1.29, 1.82) is 0 Å². The Kier molecular flexibility index (Phi) is 4.45. The lowest BCUT2D eigenvalue weighted by Crippen LogP contribution is -2.26. The lowest BCUT2D eigenvalue weighted by atomic mass is 10.1. The molecule has 5 nitrogen and oxygen atoms in total. The monoisotopic (exact) mass is 373 g/mol. The Morgan fingerprint density at radius 1 is 0.964 bits per heavy atom. The summed E-state index contributed by atoms with van der Waals surface area (Å²) in [6, 6.07) is 20.1. The molecule has 0 aliphatic heterocycles. The van der Waals surface area contributed by atoms with Gasteiger partial charge in [0.1, 0.15) is 5.82 Å². The molecule has 0 saturated carbocycles. The van der Waals surface area contributed by atoms with Crippen LogP contribution in [0, 0.1) is 12.7 Å². The van der Waals surface area contributed by atoms with Gasteiger partial charge in [-0.3, -0.25) is 9.59 Å². The average molecular weight is 373 g/mol. The van der Waals surface area contributed by atoms with Gasteiger partial charge in [0.2, 0.25) is 0 Å². The minimum absolute atomic E-state index is 0.0834. The molecule has 0 aliphatic carbocycles. The molecule has 4 rings (SSSR count). The van der Waals surface area contributed by atoms with E-state index in [1.54, 1.807) is 67.6 Å². The number of hydrogen-bond donors (Lipinski definition) is 1. The van der Waals surface area contributed by atoms with E-state index in [4.69, 9.17) is 0 Å². The molecule has 0 fully saturated rings. The number of carbonyl (C=O) groups is 1. The number of benzene rings is 3. The number of aryl methyl sites for hydroxylation is 1. The van der Waals surface area contributed by atoms with E-state index in [0.717, 1.165) is 0 Å². The van der Waals surface area contributed by atoms with Crippen molar-refractivity contribution in [2.45, 2.75) is 6.92 Å². The number of nitrogens with one attached hydrogen (secondary N) is 1. The molecule has 28 heavy (non-hydrogen) atoms. The predicted molar refractivity (Wildman–Crippen MR) is 106 cm³/mol. The first-order valence-corrected chi connectivity index (χ1v) is 8.69. The quantitative estimate of drug-likeness (QED) is 0.588. The van der Waals surface area contributed by atoms with Crippen LogP contribution in [-0.4, -0.2) is 15.7 Å². The van der Waals surface area contributed by atoms with Crippen LogP contribution in [0.1, 0.15) is 16.1 Å². The Bertz CT molecular complexity index is 1250. The van der Waals surface area contributed by atoms with Crippen molar-refractivity contribution in [2.75, 3.05) is 5.32 Å². The summed E-state index contributed by atoms with van der Waals surface area (Å²) in [6.07, 6.45) is 0. The highest BCUT2D eigenvalue weighted by molar-refractivity contribution is 6.11. The normalized spacial score (nSPS) is 10.8. The van der Waals surface area contributed by atoms with Gasteiger partial charge in [-0.1, -0.05) is 42.5 Å². The zero-order valence-electron chi connectivity index (χ0n) is 15.0. The fourth-order valence-electron chi connectivity index (χ4n) is 2.96. The highest BCUT2D eigenvalue weighted by Gasteiger charge is 2.18. The number of fused-ring (bicyclic) bond motifs is 1. The minimum Gasteiger partial charge on any atom is -0.320 e. The number of carbonyl (C=O) groups excluding carboxylic acids is 1. The molecule has 0 spiro atoms. The number of nitrogens with zero attached hydrogens (tertiary/aromatic N) is 2. The van der Waals surface area contributed by atoms with Gasteiger partial charge in [0.15, 0.2) is 5.69 Å². The number of hydrogen-bond acceptors (Lipinski definition) is 3. The van der Waals surface area contributed by atoms with E-state index in [0.29, 0.717) is 27.7 Å². The first kappa shape index (κ1) is 17.6. The number of anilines is 1. The molecule has 6 heteroatoms. The number of rotatable bonds is 3. The summed E-state index contributed by atoms with van der Waals surface area (Å²) >= 11 is 0. The van der Waals surface area contributed by atoms with Crippen LogP contribution in [0.15, 0.2) is 77.6 Å². The molecule has 0 saturated heterocycles. The van der Waals surface area contributed by atoms with Crippen LogP contribution in [0.3, 0.4) is 0 Å². The van der Waals surface area contributed by atoms with Crippen LogP contribution in [-0.2, 0) is 0 Å². The van der Waals surface area contributed by atoms with Gasteiger partial charge in [0.25, 0.3) is 11.5 Å². The van der Waals surface area contributed by atoms with Crippen LogP contribution in [0.25, 0.3) is 16.5 Å². The number of amides is 1. The second-order valence-electron chi connectivity index (χ2n) is 6.36. The van der Waals surface area contributed by atoms with Crippen molar-refractivity contribution >= 4 is 22.4 Å². The molecule has 1 amide bonds. The van der Waals surface area contributed by atoms with E-state index < -0.39 is 11.7 Å². The number of aromatic nitrogens is 2. The second kappa shape index (κ2) is 7.08. The summed E-state index contributed by atoms with van der Waals surface area (Å²) in [7, 11) is 0. The number of para-hydroxylation sites is 1. The Hall–Kier alpha value is -3.80. The molecule has 138 valence electrons. The van der Waals surface area contributed by atoms with Gasteiger partial charge >= 0.3 is 0 Å². The smallest absolute Gasteiger partial charge is 0.279 e. The maximum absolute atomic E-state index is 13.8. The van der Waals surface area contributed by atoms with Crippen molar-refractivity contribution in [1.82, 2.24) is 9.78 Å². The van der Waals surface area contributed by atoms with Gasteiger partial charge in [0, 0.05) is 11.1 Å². The van der Waals surface area contributed by atoms with Crippen molar-refractivity contribution < 1.29 is 9.18 Å². The van der Waals surface area contributed by atoms with Crippen molar-refractivity contribution in [3.8, 4) is 5.69 Å². The van der Waals surface area contributed by atoms with Gasteiger partial charge in [0.05, 0.1) is 11.1 Å². The van der Waals surface area contributed by atoms with Crippen LogP contribution < -0.4 is 10.9 Å². The van der Waals surface area contributed by atoms with Crippen LogP contribution in [0.5, 0.6) is 0 Å². The molecule has 0 aliphatic rings. The molecular weight excluding hydrogens is 357 g/mol. The van der Waals surface area contributed by atoms with Crippen molar-refractivity contribution in [3.05, 3.63) is 100 Å². The van der Waals surface area contributed by atoms with Crippen LogP contribution in [0.4, 0.5) is 10.1 Å². The first-order valence-electron chi connectivity index (χ1n) is 8.69. The Balaban J connectivity index is 1.86. The van der Waals surface area contributed by atoms with Crippen LogP contribution >= 0.6 is 0 Å². The summed E-state index contributed by atoms with van der Waals surface area (Å²) in [5.74, 6) is -0.936. The maximum Gasteiger partial charge on any atom is 0.279 e. The molecule has 3 aromatic carbocycles. The topological polar surface area (TPSA) is 64.0 Å². The average Bonchev–Trinajstić information content (AvgIpc) is 2.72. The fourth-order valence-corrected chi connectivity index (χ4v) is 2.96. The third kappa shape index (κ3) is 3.16. The largest absolute Gasteiger partial charge is 0.320 e. The van der Waals surface area contributed by atoms with Gasteiger partial charge in [-0.05, 0) is 42.8 Å². The zero-order valence-corrected chi connectivity index (χ0v) is 15.0. The minimum atomic E-state index is -0.524. The molecule has 0 unspecified atom stereocenters. The highest BCUT2D eigenvalue weighted by Crippen LogP contribution is 2.18. The highest BCUT2D eigenvalue weighted by atomic mass is 19.1. The third-order valence-electron chi connectivity index (χ3n) is 4.45. The van der Waals surface area contributed by atoms with E-state index >= 15 is 0 Å². The summed E-state index contributed by atoms with van der Waals surface area (Å²) < 4.78 is 15.0. The van der Waals surface area contributed by atoms with Crippen LogP contribution in [0.2, 0.25) is 0 Å². The van der Waals surface area contributed by atoms with E-state index in [1.165, 1.54) is 10.7 Å². The van der Waals surface area contributed by atoms with Crippen molar-refractivity contribution in [2.24, 2.45) is 0 Å². The van der Waals surface area contributed by atoms with E-state index in [9.17, 15) is 14.0 Å². The van der Waals surface area contributed by atoms with E-state index in [-0.39, 0.29) is 11.3 Å². The zero-order chi connectivity index (χ0) is 19.7. The molecule has 4 aromatic rings. The Morgan fingerprint density at radius 3 is 2.36 bits per heavy atom. The molecule has 1 heterocycles. The summed E-state index contributed by atoms with van der Waals surface area (Å²) in [5, 5.41) is 7.78. The lowest BCUT2D eigenvalue weighted by molar-refractivity contribution is 0.102. The molecule has 0 atom stereocenters. The molecular formula is C22H16FN3O2. The predicted octanol–water partition coefficient (Wildman–Crippen LogP) is 4.09. The standard InChI is InChI=1S/C22H16FN3O2/c1-14-11-12-15(13-19(14)23)24-21(27)20-17-9-5-6-10-18(17)22(28)26(25-20)16-7-3-2-4-8-16/h2-13H,1H3,(H,24,27). The Labute approximate surface area is 160 Å². The summed E-state index contributed by atoms with van der Waals surface area (Å²) in [6.45, 7) is 1.64. The fraction of sp³-hybridized carbons (Fsp3) is 0.0455. The molecule has 1 N–H and O–H groups in total. The number of halogens is 1. The van der Waals surface area contributed by atoms with Gasteiger partial charge in [-0.15, -0.1) is 0 Å². The van der Waals surface area contributed by atoms with E-state index in [2.05, 4.69) is 10.4 Å². The first-order chi connectivity index (χ1) is 13.5. The van der Waals surface area contributed by atoms with Gasteiger partial charge in [-0.25, -0.2) is 4.39 Å². The van der Waals surface area contributed by atoms with E-state index in [1.807, 2.05) is 6.07 Å². The maximum atomic E-state index is 13.8. The molecule has 1 aromatic heterocycles. The second-order valence-corrected chi connectivity index (χ2v) is 6.36. The third-order valence-corrected chi connectivity index (χ3v) is 4.45. The SMILES string of the molecule is Cc1ccc(NC(=O)c2nn(-c3ccccc3)c(=O)c3ccccc23)cc1F.